The van der Waals surface area contributed by atoms with Crippen molar-refractivity contribution in [2.24, 2.45) is 0 Å². The zero-order valence-electron chi connectivity index (χ0n) is 6.89. The first kappa shape index (κ1) is 12.6. The van der Waals surface area contributed by atoms with E-state index in [0.717, 1.165) is 13.0 Å². The molecule has 1 nitrogen and oxygen atoms in total. The highest BCUT2D eigenvalue weighted by Crippen LogP contribution is 1.89. The topological polar surface area (TPSA) is 12.0 Å². The molecule has 0 amide bonds. The van der Waals surface area contributed by atoms with E-state index in [1.165, 1.54) is 6.42 Å². The molecule has 0 fully saturated rings. The van der Waals surface area contributed by atoms with Crippen molar-refractivity contribution in [2.45, 2.75) is 32.7 Å². The van der Waals surface area contributed by atoms with E-state index in [-0.39, 0.29) is 12.4 Å². The van der Waals surface area contributed by atoms with Crippen molar-refractivity contribution < 1.29 is 0 Å². The summed E-state index contributed by atoms with van der Waals surface area (Å²) in [6, 6.07) is 0.599. The maximum absolute atomic E-state index is 3.67. The van der Waals surface area contributed by atoms with Crippen LogP contribution in [0.3, 0.4) is 0 Å². The molecule has 10 heavy (non-hydrogen) atoms. The first-order chi connectivity index (χ1) is 4.31. The van der Waals surface area contributed by atoms with Crippen LogP contribution in [0.15, 0.2) is 12.7 Å². The highest BCUT2D eigenvalue weighted by molar-refractivity contribution is 5.85. The Morgan fingerprint density at radius 3 is 2.60 bits per heavy atom. The Labute approximate surface area is 70.3 Å². The first-order valence-electron chi connectivity index (χ1n) is 3.65. The lowest BCUT2D eigenvalue weighted by Gasteiger charge is -2.08. The first-order valence-corrected chi connectivity index (χ1v) is 3.65. The monoisotopic (exact) mass is 163 g/mol. The summed E-state index contributed by atoms with van der Waals surface area (Å²) in [6.07, 6.45) is 4.23. The fraction of sp³-hybridized carbons (Fsp3) is 0.750. The number of nitrogens with one attached hydrogen (secondary N) is 1. The molecule has 62 valence electrons. The minimum atomic E-state index is 0. The number of hydrogen-bond acceptors (Lipinski definition) is 1. The fourth-order valence-corrected chi connectivity index (χ4v) is 0.724. The van der Waals surface area contributed by atoms with Crippen LogP contribution in [0.1, 0.15) is 26.7 Å². The molecule has 0 aliphatic carbocycles. The third-order valence-corrected chi connectivity index (χ3v) is 1.26. The molecule has 2 heteroatoms. The molecule has 0 rings (SSSR count). The minimum Gasteiger partial charge on any atom is -0.314 e. The van der Waals surface area contributed by atoms with E-state index in [1.54, 1.807) is 0 Å². The largest absolute Gasteiger partial charge is 0.314 e. The predicted molar refractivity (Wildman–Crippen MR) is 49.8 cm³/mol. The standard InChI is InChI=1S/C8H17N.ClH/c1-4-6-8(3)9-7-5-2;/h4,8-9H,1,5-7H2,2-3H3;1H. The SMILES string of the molecule is C=CCC(C)NCCC.Cl. The van der Waals surface area contributed by atoms with E-state index in [9.17, 15) is 0 Å². The second-order valence-corrected chi connectivity index (χ2v) is 2.38. The Bertz CT molecular complexity index is 73.7. The molecule has 0 aliphatic rings. The molecule has 1 unspecified atom stereocenters. The Kier molecular flexibility index (Phi) is 11.4. The minimum absolute atomic E-state index is 0. The van der Waals surface area contributed by atoms with Crippen molar-refractivity contribution in [1.82, 2.24) is 5.32 Å². The maximum atomic E-state index is 3.67. The molecule has 0 heterocycles. The van der Waals surface area contributed by atoms with E-state index in [1.807, 2.05) is 6.08 Å². The van der Waals surface area contributed by atoms with Crippen molar-refractivity contribution in [1.29, 1.82) is 0 Å². The van der Waals surface area contributed by atoms with Gasteiger partial charge in [-0.25, -0.2) is 0 Å². The van der Waals surface area contributed by atoms with Gasteiger partial charge >= 0.3 is 0 Å². The van der Waals surface area contributed by atoms with Crippen molar-refractivity contribution in [3.8, 4) is 0 Å². The van der Waals surface area contributed by atoms with Crippen molar-refractivity contribution >= 4 is 12.4 Å². The second-order valence-electron chi connectivity index (χ2n) is 2.38. The lowest BCUT2D eigenvalue weighted by atomic mass is 10.2. The van der Waals surface area contributed by atoms with Gasteiger partial charge in [-0.3, -0.25) is 0 Å². The molecule has 0 spiro atoms. The molecule has 0 radical (unpaired) electrons. The van der Waals surface area contributed by atoms with Gasteiger partial charge in [-0.1, -0.05) is 13.0 Å². The number of hydrogen-bond donors (Lipinski definition) is 1. The van der Waals surface area contributed by atoms with Crippen LogP contribution in [-0.4, -0.2) is 12.6 Å². The van der Waals surface area contributed by atoms with E-state index >= 15 is 0 Å². The molecule has 0 aromatic carbocycles. The summed E-state index contributed by atoms with van der Waals surface area (Å²) in [5, 5.41) is 3.36. The zero-order valence-corrected chi connectivity index (χ0v) is 7.71. The summed E-state index contributed by atoms with van der Waals surface area (Å²) >= 11 is 0. The van der Waals surface area contributed by atoms with E-state index < -0.39 is 0 Å². The molecule has 0 saturated carbocycles. The van der Waals surface area contributed by atoms with Gasteiger partial charge in [0.2, 0.25) is 0 Å². The predicted octanol–water partition coefficient (Wildman–Crippen LogP) is 2.37. The summed E-state index contributed by atoms with van der Waals surface area (Å²) in [6.45, 7) is 9.14. The normalized spacial score (nSPS) is 11.8. The summed E-state index contributed by atoms with van der Waals surface area (Å²) in [5.41, 5.74) is 0. The summed E-state index contributed by atoms with van der Waals surface area (Å²) in [5.74, 6) is 0. The molecule has 0 aromatic rings. The second kappa shape index (κ2) is 8.99. The lowest BCUT2D eigenvalue weighted by Crippen LogP contribution is -2.25. The molecule has 0 bridgehead atoms. The van der Waals surface area contributed by atoms with Gasteiger partial charge in [0.1, 0.15) is 0 Å². The smallest absolute Gasteiger partial charge is 0.00731 e. The lowest BCUT2D eigenvalue weighted by molar-refractivity contribution is 0.551. The molecule has 0 saturated heterocycles. The van der Waals surface area contributed by atoms with Crippen LogP contribution in [0.2, 0.25) is 0 Å². The highest BCUT2D eigenvalue weighted by Gasteiger charge is 1.93. The van der Waals surface area contributed by atoms with Crippen molar-refractivity contribution in [3.63, 3.8) is 0 Å². The van der Waals surface area contributed by atoms with Gasteiger partial charge in [0.25, 0.3) is 0 Å². The molecule has 0 aliphatic heterocycles. The van der Waals surface area contributed by atoms with E-state index in [2.05, 4.69) is 25.7 Å². The van der Waals surface area contributed by atoms with Gasteiger partial charge < -0.3 is 5.32 Å². The van der Waals surface area contributed by atoms with Crippen LogP contribution in [0, 0.1) is 0 Å². The van der Waals surface area contributed by atoms with Gasteiger partial charge in [0.15, 0.2) is 0 Å². The zero-order chi connectivity index (χ0) is 7.11. The Balaban J connectivity index is 0. The summed E-state index contributed by atoms with van der Waals surface area (Å²) in [4.78, 5) is 0. The average Bonchev–Trinajstić information content (AvgIpc) is 1.85. The van der Waals surface area contributed by atoms with Crippen LogP contribution in [-0.2, 0) is 0 Å². The average molecular weight is 164 g/mol. The molecular formula is C8H18ClN. The van der Waals surface area contributed by atoms with Crippen LogP contribution in [0.25, 0.3) is 0 Å². The van der Waals surface area contributed by atoms with Crippen LogP contribution in [0.4, 0.5) is 0 Å². The van der Waals surface area contributed by atoms with Crippen LogP contribution in [0.5, 0.6) is 0 Å². The number of halogens is 1. The maximum Gasteiger partial charge on any atom is 0.00731 e. The summed E-state index contributed by atoms with van der Waals surface area (Å²) in [7, 11) is 0. The van der Waals surface area contributed by atoms with Gasteiger partial charge in [0, 0.05) is 6.04 Å². The van der Waals surface area contributed by atoms with Crippen LogP contribution >= 0.6 is 12.4 Å². The molecular weight excluding hydrogens is 146 g/mol. The summed E-state index contributed by atoms with van der Waals surface area (Å²) < 4.78 is 0. The van der Waals surface area contributed by atoms with E-state index in [0.29, 0.717) is 6.04 Å². The van der Waals surface area contributed by atoms with Gasteiger partial charge in [0.05, 0.1) is 0 Å². The van der Waals surface area contributed by atoms with Crippen molar-refractivity contribution in [3.05, 3.63) is 12.7 Å². The van der Waals surface area contributed by atoms with Gasteiger partial charge in [-0.15, -0.1) is 19.0 Å². The Morgan fingerprint density at radius 2 is 2.20 bits per heavy atom. The Morgan fingerprint density at radius 1 is 1.60 bits per heavy atom. The third kappa shape index (κ3) is 7.99. The highest BCUT2D eigenvalue weighted by atomic mass is 35.5. The van der Waals surface area contributed by atoms with Crippen LogP contribution < -0.4 is 5.32 Å². The van der Waals surface area contributed by atoms with Gasteiger partial charge in [-0.05, 0) is 26.3 Å². The van der Waals surface area contributed by atoms with Crippen molar-refractivity contribution in [2.75, 3.05) is 6.54 Å². The molecule has 1 atom stereocenters. The third-order valence-electron chi connectivity index (χ3n) is 1.26. The molecule has 1 N–H and O–H groups in total. The quantitative estimate of drug-likeness (QED) is 0.614. The number of rotatable bonds is 5. The van der Waals surface area contributed by atoms with Gasteiger partial charge in [-0.2, -0.15) is 0 Å². The fourth-order valence-electron chi connectivity index (χ4n) is 0.724. The molecule has 0 aromatic heterocycles. The Hall–Kier alpha value is -0.0100. The van der Waals surface area contributed by atoms with E-state index in [4.69, 9.17) is 0 Å².